The van der Waals surface area contributed by atoms with Gasteiger partial charge in [-0.2, -0.15) is 0 Å². The molecule has 0 radical (unpaired) electrons. The lowest BCUT2D eigenvalue weighted by Gasteiger charge is -2.07. The van der Waals surface area contributed by atoms with Gasteiger partial charge in [-0.25, -0.2) is 0 Å². The zero-order chi connectivity index (χ0) is 18.0. The predicted octanol–water partition coefficient (Wildman–Crippen LogP) is 3.14. The van der Waals surface area contributed by atoms with Gasteiger partial charge in [-0.05, 0) is 43.8 Å². The summed E-state index contributed by atoms with van der Waals surface area (Å²) in [5, 5.41) is 12.6. The minimum Gasteiger partial charge on any atom is -0.332 e. The molecular formula is C16H17N5O2S2. The van der Waals surface area contributed by atoms with Crippen molar-refractivity contribution in [3.05, 3.63) is 43.9 Å². The highest BCUT2D eigenvalue weighted by molar-refractivity contribution is 7.71. The van der Waals surface area contributed by atoms with Gasteiger partial charge < -0.3 is 4.98 Å². The van der Waals surface area contributed by atoms with Crippen molar-refractivity contribution in [2.45, 2.75) is 33.2 Å². The van der Waals surface area contributed by atoms with Crippen LogP contribution in [0.1, 0.15) is 35.6 Å². The fraction of sp³-hybridized carbons (Fsp3) is 0.312. The molecule has 3 rings (SSSR count). The summed E-state index contributed by atoms with van der Waals surface area (Å²) < 4.78 is 1.82. The van der Waals surface area contributed by atoms with E-state index >= 15 is 0 Å². The van der Waals surface area contributed by atoms with E-state index in [1.165, 1.54) is 15.9 Å². The molecule has 0 fully saturated rings. The molecule has 2 aromatic heterocycles. The molecule has 25 heavy (non-hydrogen) atoms. The summed E-state index contributed by atoms with van der Waals surface area (Å²) in [7, 11) is 0. The largest absolute Gasteiger partial charge is 0.332 e. The Bertz CT molecular complexity index is 1050. The third-order valence-corrected chi connectivity index (χ3v) is 4.93. The number of nitrogens with one attached hydrogen (secondary N) is 2. The van der Waals surface area contributed by atoms with Crippen LogP contribution < -0.4 is 10.9 Å². The van der Waals surface area contributed by atoms with E-state index in [9.17, 15) is 9.59 Å². The maximum absolute atomic E-state index is 12.4. The van der Waals surface area contributed by atoms with E-state index in [4.69, 9.17) is 12.2 Å². The zero-order valence-corrected chi connectivity index (χ0v) is 15.5. The van der Waals surface area contributed by atoms with Crippen LogP contribution in [0.4, 0.5) is 5.13 Å². The first-order valence-electron chi connectivity index (χ1n) is 7.94. The van der Waals surface area contributed by atoms with Crippen LogP contribution in [-0.2, 0) is 13.0 Å². The second-order valence-corrected chi connectivity index (χ2v) is 6.89. The lowest BCUT2D eigenvalue weighted by atomic mass is 10.1. The van der Waals surface area contributed by atoms with Crippen LogP contribution in [0, 0.1) is 4.77 Å². The molecule has 1 aromatic carbocycles. The number of nitrogens with zero attached hydrogens (tertiary/aromatic N) is 3. The van der Waals surface area contributed by atoms with Crippen molar-refractivity contribution in [3.8, 4) is 0 Å². The summed E-state index contributed by atoms with van der Waals surface area (Å²) >= 11 is 6.56. The fourth-order valence-corrected chi connectivity index (χ4v) is 3.63. The Hall–Kier alpha value is -2.39. The number of aryl methyl sites for hydroxylation is 1. The van der Waals surface area contributed by atoms with Crippen LogP contribution >= 0.6 is 23.6 Å². The molecule has 0 bridgehead atoms. The van der Waals surface area contributed by atoms with Gasteiger partial charge in [0.2, 0.25) is 5.13 Å². The number of aromatic amines is 1. The summed E-state index contributed by atoms with van der Waals surface area (Å²) in [5.74, 6) is -0.305. The van der Waals surface area contributed by atoms with E-state index < -0.39 is 0 Å². The Morgan fingerprint density at radius 1 is 1.36 bits per heavy atom. The third kappa shape index (κ3) is 3.52. The highest BCUT2D eigenvalue weighted by atomic mass is 32.1. The topological polar surface area (TPSA) is 92.7 Å². The summed E-state index contributed by atoms with van der Waals surface area (Å²) in [6.45, 7) is 4.40. The van der Waals surface area contributed by atoms with Crippen molar-refractivity contribution < 1.29 is 4.79 Å². The van der Waals surface area contributed by atoms with Gasteiger partial charge in [0.05, 0.1) is 10.9 Å². The zero-order valence-electron chi connectivity index (χ0n) is 13.8. The smallest absolute Gasteiger partial charge is 0.262 e. The molecule has 0 unspecified atom stereocenters. The second kappa shape index (κ2) is 7.24. The van der Waals surface area contributed by atoms with Gasteiger partial charge in [0.25, 0.3) is 11.5 Å². The Balaban J connectivity index is 1.91. The van der Waals surface area contributed by atoms with Crippen LogP contribution in [-0.4, -0.2) is 25.7 Å². The van der Waals surface area contributed by atoms with E-state index in [1.807, 2.05) is 6.92 Å². The molecule has 0 atom stereocenters. The lowest BCUT2D eigenvalue weighted by molar-refractivity contribution is 0.102. The fourth-order valence-electron chi connectivity index (χ4n) is 2.47. The van der Waals surface area contributed by atoms with E-state index in [-0.39, 0.29) is 11.5 Å². The lowest BCUT2D eigenvalue weighted by Crippen LogP contribution is -2.21. The van der Waals surface area contributed by atoms with Crippen molar-refractivity contribution in [1.82, 2.24) is 19.7 Å². The molecule has 0 saturated carbocycles. The Morgan fingerprint density at radius 3 is 2.88 bits per heavy atom. The molecule has 1 amide bonds. The quantitative estimate of drug-likeness (QED) is 0.668. The molecule has 3 aromatic rings. The van der Waals surface area contributed by atoms with Crippen LogP contribution in [0.3, 0.4) is 0 Å². The summed E-state index contributed by atoms with van der Waals surface area (Å²) in [6.07, 6.45) is 1.81. The number of carbonyl (C=O) groups excluding carboxylic acids is 1. The second-order valence-electron chi connectivity index (χ2n) is 5.45. The normalized spacial score (nSPS) is 11.0. The monoisotopic (exact) mass is 375 g/mol. The van der Waals surface area contributed by atoms with Crippen molar-refractivity contribution in [3.63, 3.8) is 0 Å². The molecule has 130 valence electrons. The van der Waals surface area contributed by atoms with Gasteiger partial charge in [-0.1, -0.05) is 18.3 Å². The van der Waals surface area contributed by atoms with Crippen molar-refractivity contribution >= 4 is 45.5 Å². The maximum Gasteiger partial charge on any atom is 0.262 e. The van der Waals surface area contributed by atoms with Crippen LogP contribution in [0.15, 0.2) is 23.0 Å². The highest BCUT2D eigenvalue weighted by Crippen LogP contribution is 2.18. The first-order valence-corrected chi connectivity index (χ1v) is 9.16. The van der Waals surface area contributed by atoms with E-state index in [1.54, 1.807) is 18.2 Å². The average molecular weight is 375 g/mol. The van der Waals surface area contributed by atoms with Crippen molar-refractivity contribution in [2.75, 3.05) is 5.32 Å². The standard InChI is InChI=1S/C16H17N5O2S2/c1-3-5-12-19-20-15(25-12)18-13(22)9-6-7-10-11(8-9)17-16(24)21(4-2)14(10)23/h6-8H,3-5H2,1-2H3,(H,17,24)(H,18,20,22). The number of aromatic nitrogens is 4. The van der Waals surface area contributed by atoms with Gasteiger partial charge in [-0.3, -0.25) is 19.5 Å². The number of carbonyl (C=O) groups is 1. The van der Waals surface area contributed by atoms with E-state index in [0.29, 0.717) is 32.9 Å². The van der Waals surface area contributed by atoms with E-state index in [2.05, 4.69) is 27.4 Å². The van der Waals surface area contributed by atoms with Crippen molar-refractivity contribution in [2.24, 2.45) is 0 Å². The number of hydrogen-bond acceptors (Lipinski definition) is 6. The highest BCUT2D eigenvalue weighted by Gasteiger charge is 2.12. The van der Waals surface area contributed by atoms with Gasteiger partial charge in [0.15, 0.2) is 4.77 Å². The first kappa shape index (κ1) is 17.4. The molecule has 7 nitrogen and oxygen atoms in total. The number of rotatable bonds is 5. The van der Waals surface area contributed by atoms with E-state index in [0.717, 1.165) is 17.8 Å². The minimum atomic E-state index is -0.305. The molecule has 0 aliphatic carbocycles. The minimum absolute atomic E-state index is 0.165. The Morgan fingerprint density at radius 2 is 2.16 bits per heavy atom. The molecule has 2 N–H and O–H groups in total. The molecule has 2 heterocycles. The number of H-pyrrole nitrogens is 1. The number of anilines is 1. The molecule has 0 saturated heterocycles. The number of hydrogen-bond donors (Lipinski definition) is 2. The molecule has 9 heteroatoms. The maximum atomic E-state index is 12.4. The Labute approximate surface area is 152 Å². The summed E-state index contributed by atoms with van der Waals surface area (Å²) in [4.78, 5) is 27.8. The van der Waals surface area contributed by atoms with Gasteiger partial charge >= 0.3 is 0 Å². The molecule has 0 aliphatic rings. The average Bonchev–Trinajstić information content (AvgIpc) is 3.02. The predicted molar refractivity (Wildman–Crippen MR) is 101 cm³/mol. The number of benzene rings is 1. The number of fused-ring (bicyclic) bond motifs is 1. The van der Waals surface area contributed by atoms with Crippen LogP contribution in [0.5, 0.6) is 0 Å². The molecule has 0 spiro atoms. The van der Waals surface area contributed by atoms with Crippen molar-refractivity contribution in [1.29, 1.82) is 0 Å². The summed E-state index contributed by atoms with van der Waals surface area (Å²) in [6, 6.07) is 4.87. The van der Waals surface area contributed by atoms with Gasteiger partial charge in [0, 0.05) is 18.5 Å². The molecular weight excluding hydrogens is 358 g/mol. The third-order valence-electron chi connectivity index (χ3n) is 3.71. The molecule has 0 aliphatic heterocycles. The number of amides is 1. The SMILES string of the molecule is CCCc1nnc(NC(=O)c2ccc3c(=O)n(CC)c(=S)[nH]c3c2)s1. The Kier molecular flexibility index (Phi) is 5.05. The van der Waals surface area contributed by atoms with Crippen LogP contribution in [0.25, 0.3) is 10.9 Å². The van der Waals surface area contributed by atoms with Gasteiger partial charge in [0.1, 0.15) is 5.01 Å². The van der Waals surface area contributed by atoms with Gasteiger partial charge in [-0.15, -0.1) is 10.2 Å². The summed E-state index contributed by atoms with van der Waals surface area (Å²) in [5.41, 5.74) is 0.789. The van der Waals surface area contributed by atoms with Crippen LogP contribution in [0.2, 0.25) is 0 Å². The first-order chi connectivity index (χ1) is 12.0.